The van der Waals surface area contributed by atoms with E-state index in [4.69, 9.17) is 5.11 Å². The topological polar surface area (TPSA) is 61.4 Å². The van der Waals surface area contributed by atoms with Crippen LogP contribution in [-0.2, 0) is 17.8 Å². The van der Waals surface area contributed by atoms with E-state index in [2.05, 4.69) is 22.8 Å². The Balaban J connectivity index is 1.88. The molecule has 0 saturated heterocycles. The number of nitrogens with one attached hydrogen (secondary N) is 2. The Morgan fingerprint density at radius 2 is 2.21 bits per heavy atom. The van der Waals surface area contributed by atoms with E-state index in [1.54, 1.807) is 0 Å². The first kappa shape index (κ1) is 14.0. The first-order valence-corrected chi connectivity index (χ1v) is 6.92. The molecule has 2 rings (SSSR count). The van der Waals surface area contributed by atoms with Crippen molar-refractivity contribution in [1.82, 2.24) is 10.6 Å². The van der Waals surface area contributed by atoms with Gasteiger partial charge in [-0.05, 0) is 37.3 Å². The van der Waals surface area contributed by atoms with Crippen molar-refractivity contribution in [2.24, 2.45) is 0 Å². The summed E-state index contributed by atoms with van der Waals surface area (Å²) >= 11 is 0. The molecule has 0 aliphatic carbocycles. The van der Waals surface area contributed by atoms with Crippen LogP contribution in [0.1, 0.15) is 30.9 Å². The van der Waals surface area contributed by atoms with Gasteiger partial charge in [0.15, 0.2) is 0 Å². The summed E-state index contributed by atoms with van der Waals surface area (Å²) in [6.45, 7) is 2.90. The molecule has 4 nitrogen and oxygen atoms in total. The lowest BCUT2D eigenvalue weighted by Gasteiger charge is -2.26. The summed E-state index contributed by atoms with van der Waals surface area (Å²) in [4.78, 5) is 12.1. The number of hydrogen-bond donors (Lipinski definition) is 3. The molecular formula is C15H22N2O2. The van der Waals surface area contributed by atoms with Crippen molar-refractivity contribution in [3.05, 3.63) is 35.4 Å². The highest BCUT2D eigenvalue weighted by Crippen LogP contribution is 2.16. The number of rotatable bonds is 5. The van der Waals surface area contributed by atoms with Crippen molar-refractivity contribution in [1.29, 1.82) is 0 Å². The molecule has 1 aliphatic rings. The SMILES string of the molecule is CC(CCCO)NC(=O)[C@H]1Cc2ccccc2CN1. The van der Waals surface area contributed by atoms with Crippen LogP contribution >= 0.6 is 0 Å². The molecule has 1 unspecified atom stereocenters. The lowest BCUT2D eigenvalue weighted by molar-refractivity contribution is -0.124. The maximum atomic E-state index is 12.1. The van der Waals surface area contributed by atoms with Crippen LogP contribution in [0.15, 0.2) is 24.3 Å². The Bertz CT molecular complexity index is 434. The van der Waals surface area contributed by atoms with Gasteiger partial charge in [-0.2, -0.15) is 0 Å². The van der Waals surface area contributed by atoms with Crippen molar-refractivity contribution in [3.63, 3.8) is 0 Å². The van der Waals surface area contributed by atoms with E-state index in [0.29, 0.717) is 0 Å². The van der Waals surface area contributed by atoms with E-state index in [1.807, 2.05) is 19.1 Å². The Morgan fingerprint density at radius 3 is 2.95 bits per heavy atom. The van der Waals surface area contributed by atoms with Gasteiger partial charge >= 0.3 is 0 Å². The first-order chi connectivity index (χ1) is 9.20. The minimum absolute atomic E-state index is 0.0555. The summed E-state index contributed by atoms with van der Waals surface area (Å²) in [5.41, 5.74) is 2.53. The summed E-state index contributed by atoms with van der Waals surface area (Å²) < 4.78 is 0. The van der Waals surface area contributed by atoms with Gasteiger partial charge < -0.3 is 15.7 Å². The van der Waals surface area contributed by atoms with Crippen molar-refractivity contribution >= 4 is 5.91 Å². The zero-order valence-corrected chi connectivity index (χ0v) is 11.4. The van der Waals surface area contributed by atoms with Crippen LogP contribution in [0.25, 0.3) is 0 Å². The standard InChI is InChI=1S/C15H22N2O2/c1-11(5-4-8-18)17-15(19)14-9-12-6-2-3-7-13(12)10-16-14/h2-3,6-7,11,14,16,18H,4-5,8-10H2,1H3,(H,17,19)/t11?,14-/m1/s1. The fourth-order valence-electron chi connectivity index (χ4n) is 2.45. The predicted octanol–water partition coefficient (Wildman–Crippen LogP) is 0.978. The molecule has 1 aliphatic heterocycles. The molecule has 2 atom stereocenters. The first-order valence-electron chi connectivity index (χ1n) is 6.92. The van der Waals surface area contributed by atoms with Crippen LogP contribution < -0.4 is 10.6 Å². The molecule has 0 spiro atoms. The van der Waals surface area contributed by atoms with Crippen LogP contribution in [0.3, 0.4) is 0 Å². The third-order valence-corrected chi connectivity index (χ3v) is 3.58. The van der Waals surface area contributed by atoms with E-state index in [9.17, 15) is 4.79 Å². The number of benzene rings is 1. The van der Waals surface area contributed by atoms with Gasteiger partial charge in [-0.15, -0.1) is 0 Å². The second-order valence-corrected chi connectivity index (χ2v) is 5.18. The molecule has 1 aromatic carbocycles. The second kappa shape index (κ2) is 6.68. The highest BCUT2D eigenvalue weighted by Gasteiger charge is 2.24. The van der Waals surface area contributed by atoms with Crippen LogP contribution in [-0.4, -0.2) is 29.7 Å². The van der Waals surface area contributed by atoms with Gasteiger partial charge in [-0.1, -0.05) is 24.3 Å². The average Bonchev–Trinajstić information content (AvgIpc) is 2.44. The predicted molar refractivity (Wildman–Crippen MR) is 74.7 cm³/mol. The van der Waals surface area contributed by atoms with Gasteiger partial charge in [0.05, 0.1) is 6.04 Å². The molecule has 3 N–H and O–H groups in total. The number of aliphatic hydroxyl groups is 1. The average molecular weight is 262 g/mol. The van der Waals surface area contributed by atoms with E-state index in [1.165, 1.54) is 11.1 Å². The van der Waals surface area contributed by atoms with Crippen molar-refractivity contribution in [3.8, 4) is 0 Å². The quantitative estimate of drug-likeness (QED) is 0.741. The fraction of sp³-hybridized carbons (Fsp3) is 0.533. The minimum atomic E-state index is -0.147. The monoisotopic (exact) mass is 262 g/mol. The molecule has 104 valence electrons. The number of fused-ring (bicyclic) bond motifs is 1. The van der Waals surface area contributed by atoms with E-state index < -0.39 is 0 Å². The van der Waals surface area contributed by atoms with Crippen molar-refractivity contribution in [2.45, 2.75) is 44.8 Å². The Labute approximate surface area is 114 Å². The summed E-state index contributed by atoms with van der Waals surface area (Å²) in [5.74, 6) is 0.0555. The van der Waals surface area contributed by atoms with E-state index >= 15 is 0 Å². The zero-order valence-electron chi connectivity index (χ0n) is 11.4. The summed E-state index contributed by atoms with van der Waals surface area (Å²) in [6.07, 6.45) is 2.28. The maximum Gasteiger partial charge on any atom is 0.237 e. The van der Waals surface area contributed by atoms with Gasteiger partial charge in [0.1, 0.15) is 0 Å². The molecule has 0 saturated carbocycles. The fourth-order valence-corrected chi connectivity index (χ4v) is 2.45. The van der Waals surface area contributed by atoms with Crippen LogP contribution in [0.5, 0.6) is 0 Å². The van der Waals surface area contributed by atoms with Gasteiger partial charge in [0, 0.05) is 19.2 Å². The highest BCUT2D eigenvalue weighted by molar-refractivity contribution is 5.82. The number of aliphatic hydroxyl groups excluding tert-OH is 1. The normalized spacial score (nSPS) is 19.6. The number of carbonyl (C=O) groups excluding carboxylic acids is 1. The van der Waals surface area contributed by atoms with E-state index in [-0.39, 0.29) is 24.6 Å². The molecule has 4 heteroatoms. The molecular weight excluding hydrogens is 240 g/mol. The van der Waals surface area contributed by atoms with Crippen LogP contribution in [0, 0.1) is 0 Å². The molecule has 1 aromatic rings. The largest absolute Gasteiger partial charge is 0.396 e. The number of hydrogen-bond acceptors (Lipinski definition) is 3. The van der Waals surface area contributed by atoms with Gasteiger partial charge in [-0.3, -0.25) is 4.79 Å². The van der Waals surface area contributed by atoms with Crippen molar-refractivity contribution in [2.75, 3.05) is 6.61 Å². The minimum Gasteiger partial charge on any atom is -0.396 e. The lowest BCUT2D eigenvalue weighted by atomic mass is 9.95. The van der Waals surface area contributed by atoms with Gasteiger partial charge in [-0.25, -0.2) is 0 Å². The maximum absolute atomic E-state index is 12.1. The molecule has 0 bridgehead atoms. The van der Waals surface area contributed by atoms with Gasteiger partial charge in [0.2, 0.25) is 5.91 Å². The summed E-state index contributed by atoms with van der Waals surface area (Å²) in [7, 11) is 0. The summed E-state index contributed by atoms with van der Waals surface area (Å²) in [6, 6.07) is 8.19. The third kappa shape index (κ3) is 3.78. The number of amides is 1. The summed E-state index contributed by atoms with van der Waals surface area (Å²) in [5, 5.41) is 15.1. The van der Waals surface area contributed by atoms with Crippen LogP contribution in [0.4, 0.5) is 0 Å². The number of carbonyl (C=O) groups is 1. The molecule has 0 radical (unpaired) electrons. The Hall–Kier alpha value is -1.39. The van der Waals surface area contributed by atoms with Gasteiger partial charge in [0.25, 0.3) is 0 Å². The zero-order chi connectivity index (χ0) is 13.7. The van der Waals surface area contributed by atoms with Crippen molar-refractivity contribution < 1.29 is 9.90 Å². The molecule has 1 heterocycles. The Kier molecular flexibility index (Phi) is 4.93. The molecule has 0 aromatic heterocycles. The molecule has 1 amide bonds. The third-order valence-electron chi connectivity index (χ3n) is 3.58. The second-order valence-electron chi connectivity index (χ2n) is 5.18. The van der Waals surface area contributed by atoms with Crippen LogP contribution in [0.2, 0.25) is 0 Å². The molecule has 0 fully saturated rings. The highest BCUT2D eigenvalue weighted by atomic mass is 16.3. The van der Waals surface area contributed by atoms with E-state index in [0.717, 1.165) is 25.8 Å². The Morgan fingerprint density at radius 1 is 1.47 bits per heavy atom. The smallest absolute Gasteiger partial charge is 0.237 e. The molecule has 19 heavy (non-hydrogen) atoms. The lowest BCUT2D eigenvalue weighted by Crippen LogP contribution is -2.49.